The maximum atomic E-state index is 10.5. The third-order valence-corrected chi connectivity index (χ3v) is 4.17. The molecule has 1 aliphatic rings. The predicted molar refractivity (Wildman–Crippen MR) is 90.3 cm³/mol. The van der Waals surface area contributed by atoms with Gasteiger partial charge < -0.3 is 25.2 Å². The van der Waals surface area contributed by atoms with Crippen molar-refractivity contribution < 1.29 is 30.0 Å². The Balaban J connectivity index is 2.60. The lowest BCUT2D eigenvalue weighted by Gasteiger charge is -2.36. The van der Waals surface area contributed by atoms with Crippen LogP contribution < -0.4 is 0 Å². The van der Waals surface area contributed by atoms with Crippen LogP contribution in [0, 0.1) is 5.92 Å². The second kappa shape index (κ2) is 11.4. The summed E-state index contributed by atoms with van der Waals surface area (Å²) in [6.07, 6.45) is 8.01. The van der Waals surface area contributed by atoms with Gasteiger partial charge in [0.05, 0.1) is 24.7 Å². The monoisotopic (exact) mass is 342 g/mol. The number of carbonyl (C=O) groups is 1. The van der Waals surface area contributed by atoms with Crippen LogP contribution in [-0.2, 0) is 9.53 Å². The molecule has 1 fully saturated rings. The van der Waals surface area contributed by atoms with Gasteiger partial charge in [-0.25, -0.2) is 0 Å². The van der Waals surface area contributed by atoms with E-state index >= 15 is 0 Å². The molecule has 0 aromatic heterocycles. The molecule has 0 saturated carbocycles. The zero-order valence-corrected chi connectivity index (χ0v) is 14.3. The topological polar surface area (TPSA) is 107 Å². The summed E-state index contributed by atoms with van der Waals surface area (Å²) < 4.78 is 5.47. The summed E-state index contributed by atoms with van der Waals surface area (Å²) in [7, 11) is 0. The van der Waals surface area contributed by atoms with Crippen LogP contribution in [0.15, 0.2) is 24.3 Å². The molecule has 1 saturated heterocycles. The van der Waals surface area contributed by atoms with Gasteiger partial charge >= 0.3 is 5.97 Å². The minimum atomic E-state index is -1.04. The third kappa shape index (κ3) is 8.06. The van der Waals surface area contributed by atoms with Gasteiger partial charge in [-0.2, -0.15) is 0 Å². The Morgan fingerprint density at radius 1 is 1.29 bits per heavy atom. The normalized spacial score (nSPS) is 29.3. The fraction of sp³-hybridized carbons (Fsp3) is 0.722. The zero-order valence-electron chi connectivity index (χ0n) is 14.3. The molecule has 0 aromatic rings. The van der Waals surface area contributed by atoms with E-state index in [0.29, 0.717) is 12.8 Å². The second-order valence-electron chi connectivity index (χ2n) is 6.28. The van der Waals surface area contributed by atoms with Crippen molar-refractivity contribution in [1.29, 1.82) is 0 Å². The lowest BCUT2D eigenvalue weighted by Crippen LogP contribution is -2.43. The maximum Gasteiger partial charge on any atom is 0.307 e. The molecule has 0 radical (unpaired) electrons. The molecule has 138 valence electrons. The Bertz CT molecular complexity index is 420. The van der Waals surface area contributed by atoms with Gasteiger partial charge in [0.1, 0.15) is 0 Å². The van der Waals surface area contributed by atoms with Gasteiger partial charge in [-0.15, -0.1) is 0 Å². The number of ether oxygens (including phenoxy) is 1. The van der Waals surface area contributed by atoms with E-state index in [9.17, 15) is 20.1 Å². The van der Waals surface area contributed by atoms with E-state index in [1.165, 1.54) is 0 Å². The molecule has 1 heterocycles. The van der Waals surface area contributed by atoms with Crippen molar-refractivity contribution in [3.8, 4) is 0 Å². The highest BCUT2D eigenvalue weighted by atomic mass is 16.6. The molecule has 0 bridgehead atoms. The molecule has 0 spiro atoms. The smallest absolute Gasteiger partial charge is 0.307 e. The molecule has 24 heavy (non-hydrogen) atoms. The summed E-state index contributed by atoms with van der Waals surface area (Å²) in [6.45, 7) is 2.10. The van der Waals surface area contributed by atoms with Crippen LogP contribution in [0.1, 0.15) is 51.9 Å². The van der Waals surface area contributed by atoms with E-state index in [4.69, 9.17) is 9.84 Å². The molecule has 5 atom stereocenters. The summed E-state index contributed by atoms with van der Waals surface area (Å²) in [4.78, 5) is 10.5. The molecule has 6 heteroatoms. The van der Waals surface area contributed by atoms with Gasteiger partial charge in [0.2, 0.25) is 0 Å². The van der Waals surface area contributed by atoms with Crippen molar-refractivity contribution in [2.45, 2.75) is 76.5 Å². The standard InChI is InChI=1S/C18H30O6/c1-2-3-4-7-13(19)10-11-16-14(8-5-6-9-17(21)22)15(20)12-18(23)24-16/h5-6,10-11,13-16,18-20,23H,2-4,7-9,12H2,1H3,(H,21,22)/b6-5+,11-10+/t13-,14-,15-,16+,18+/m0/s1. The maximum absolute atomic E-state index is 10.5. The lowest BCUT2D eigenvalue weighted by molar-refractivity contribution is -0.199. The van der Waals surface area contributed by atoms with Crippen molar-refractivity contribution in [3.05, 3.63) is 24.3 Å². The number of aliphatic carboxylic acids is 1. The molecule has 6 nitrogen and oxygen atoms in total. The fourth-order valence-electron chi connectivity index (χ4n) is 2.79. The molecular formula is C18H30O6. The molecular weight excluding hydrogens is 312 g/mol. The van der Waals surface area contributed by atoms with Crippen molar-refractivity contribution in [2.24, 2.45) is 5.92 Å². The molecule has 0 unspecified atom stereocenters. The number of unbranched alkanes of at least 4 members (excludes halogenated alkanes) is 2. The van der Waals surface area contributed by atoms with Crippen LogP contribution >= 0.6 is 0 Å². The Labute approximate surface area is 143 Å². The van der Waals surface area contributed by atoms with E-state index in [1.54, 1.807) is 24.3 Å². The zero-order chi connectivity index (χ0) is 17.9. The number of rotatable bonds is 10. The highest BCUT2D eigenvalue weighted by molar-refractivity contribution is 5.68. The first kappa shape index (κ1) is 20.8. The molecule has 4 N–H and O–H groups in total. The van der Waals surface area contributed by atoms with Crippen LogP contribution in [-0.4, -0.2) is 51.0 Å². The number of carboxylic acid groups (broad SMARTS) is 1. The predicted octanol–water partition coefficient (Wildman–Crippen LogP) is 1.99. The van der Waals surface area contributed by atoms with Crippen LogP contribution in [0.3, 0.4) is 0 Å². The van der Waals surface area contributed by atoms with Gasteiger partial charge in [0, 0.05) is 12.3 Å². The van der Waals surface area contributed by atoms with E-state index < -0.39 is 30.6 Å². The van der Waals surface area contributed by atoms with Gasteiger partial charge in [-0.1, -0.05) is 50.5 Å². The number of hydrogen-bond donors (Lipinski definition) is 4. The number of hydrogen-bond acceptors (Lipinski definition) is 5. The SMILES string of the molecule is CCCCC[C@H](O)/C=C/[C@H]1O[C@@H](O)C[C@H](O)[C@@H]1C/C=C/CC(=O)O. The summed E-state index contributed by atoms with van der Waals surface area (Å²) >= 11 is 0. The number of carboxylic acids is 1. The lowest BCUT2D eigenvalue weighted by atomic mass is 9.87. The number of aliphatic hydroxyl groups excluding tert-OH is 3. The summed E-state index contributed by atoms with van der Waals surface area (Å²) in [6, 6.07) is 0. The fourth-order valence-corrected chi connectivity index (χ4v) is 2.79. The van der Waals surface area contributed by atoms with Crippen molar-refractivity contribution >= 4 is 5.97 Å². The summed E-state index contributed by atoms with van der Waals surface area (Å²) in [5.41, 5.74) is 0. The number of aliphatic hydroxyl groups is 3. The quantitative estimate of drug-likeness (QED) is 0.357. The highest BCUT2D eigenvalue weighted by Crippen LogP contribution is 2.29. The first-order chi connectivity index (χ1) is 11.4. The summed E-state index contributed by atoms with van der Waals surface area (Å²) in [5.74, 6) is -1.19. The average Bonchev–Trinajstić information content (AvgIpc) is 2.51. The third-order valence-electron chi connectivity index (χ3n) is 4.17. The second-order valence-corrected chi connectivity index (χ2v) is 6.28. The van der Waals surface area contributed by atoms with E-state index in [1.807, 2.05) is 0 Å². The molecule has 0 aromatic carbocycles. The van der Waals surface area contributed by atoms with Crippen molar-refractivity contribution in [1.82, 2.24) is 0 Å². The van der Waals surface area contributed by atoms with E-state index in [2.05, 4.69) is 6.92 Å². The van der Waals surface area contributed by atoms with Crippen LogP contribution in [0.4, 0.5) is 0 Å². The minimum absolute atomic E-state index is 0.0665. The van der Waals surface area contributed by atoms with E-state index in [0.717, 1.165) is 19.3 Å². The molecule has 0 amide bonds. The molecule has 1 rings (SSSR count). The van der Waals surface area contributed by atoms with Crippen molar-refractivity contribution in [2.75, 3.05) is 0 Å². The van der Waals surface area contributed by atoms with Crippen LogP contribution in [0.25, 0.3) is 0 Å². The van der Waals surface area contributed by atoms with Crippen LogP contribution in [0.5, 0.6) is 0 Å². The summed E-state index contributed by atoms with van der Waals surface area (Å²) in [5, 5.41) is 38.4. The number of allylic oxidation sites excluding steroid dienone is 1. The largest absolute Gasteiger partial charge is 0.481 e. The highest BCUT2D eigenvalue weighted by Gasteiger charge is 2.35. The van der Waals surface area contributed by atoms with Gasteiger partial charge in [0.25, 0.3) is 0 Å². The van der Waals surface area contributed by atoms with Gasteiger partial charge in [0.15, 0.2) is 6.29 Å². The van der Waals surface area contributed by atoms with Crippen molar-refractivity contribution in [3.63, 3.8) is 0 Å². The van der Waals surface area contributed by atoms with E-state index in [-0.39, 0.29) is 18.8 Å². The minimum Gasteiger partial charge on any atom is -0.481 e. The Hall–Kier alpha value is -1.21. The Kier molecular flexibility index (Phi) is 9.86. The van der Waals surface area contributed by atoms with Crippen LogP contribution in [0.2, 0.25) is 0 Å². The van der Waals surface area contributed by atoms with Gasteiger partial charge in [-0.3, -0.25) is 4.79 Å². The first-order valence-electron chi connectivity index (χ1n) is 8.68. The average molecular weight is 342 g/mol. The molecule has 1 aliphatic heterocycles. The first-order valence-corrected chi connectivity index (χ1v) is 8.68. The Morgan fingerprint density at radius 3 is 2.71 bits per heavy atom. The molecule has 0 aliphatic carbocycles. The van der Waals surface area contributed by atoms with Gasteiger partial charge in [-0.05, 0) is 12.8 Å². The Morgan fingerprint density at radius 2 is 2.04 bits per heavy atom.